The van der Waals surface area contributed by atoms with Gasteiger partial charge in [-0.25, -0.2) is 9.67 Å². The Bertz CT molecular complexity index is 961. The zero-order chi connectivity index (χ0) is 19.7. The third kappa shape index (κ3) is 4.00. The molecule has 0 spiro atoms. The molecule has 3 aromatic rings. The van der Waals surface area contributed by atoms with Crippen LogP contribution in [-0.4, -0.2) is 27.5 Å². The first-order valence-electron chi connectivity index (χ1n) is 8.83. The second-order valence-corrected chi connectivity index (χ2v) is 7.64. The Morgan fingerprint density at radius 1 is 1.18 bits per heavy atom. The summed E-state index contributed by atoms with van der Waals surface area (Å²) in [6.07, 6.45) is 3.12. The van der Waals surface area contributed by atoms with E-state index in [9.17, 15) is 0 Å². The van der Waals surface area contributed by atoms with E-state index >= 15 is 0 Å². The first-order valence-corrected chi connectivity index (χ1v) is 9.58. The molecule has 28 heavy (non-hydrogen) atoms. The van der Waals surface area contributed by atoms with E-state index in [1.54, 1.807) is 29.2 Å². The van der Waals surface area contributed by atoms with E-state index in [0.717, 1.165) is 11.1 Å². The summed E-state index contributed by atoms with van der Waals surface area (Å²) >= 11 is 12.1. The fourth-order valence-electron chi connectivity index (χ4n) is 3.33. The van der Waals surface area contributed by atoms with E-state index < -0.39 is 5.79 Å². The molecule has 0 amide bonds. The Labute approximate surface area is 173 Å². The predicted molar refractivity (Wildman–Crippen MR) is 106 cm³/mol. The Kier molecular flexibility index (Phi) is 5.29. The lowest BCUT2D eigenvalue weighted by Crippen LogP contribution is -2.34. The summed E-state index contributed by atoms with van der Waals surface area (Å²) in [6.45, 7) is 4.89. The standard InChI is InChI=1S/C20H19Cl2N3O3/c1-13-5-17(27-18-7-15(21)6-16(22)8-18)3-4-19(13)20(26-9-14(2)28-20)10-25-12-23-11-24-25/h3-8,11-12,14H,9-10H2,1-2H3. The molecule has 146 valence electrons. The van der Waals surface area contributed by atoms with Crippen LogP contribution in [0, 0.1) is 6.92 Å². The summed E-state index contributed by atoms with van der Waals surface area (Å²) in [6, 6.07) is 10.8. The fourth-order valence-corrected chi connectivity index (χ4v) is 3.84. The van der Waals surface area contributed by atoms with Crippen molar-refractivity contribution in [1.29, 1.82) is 0 Å². The summed E-state index contributed by atoms with van der Waals surface area (Å²) in [7, 11) is 0. The zero-order valence-electron chi connectivity index (χ0n) is 15.4. The van der Waals surface area contributed by atoms with Crippen molar-refractivity contribution >= 4 is 23.2 Å². The van der Waals surface area contributed by atoms with Gasteiger partial charge in [0.25, 0.3) is 0 Å². The molecule has 4 rings (SSSR count). The molecule has 2 heterocycles. The summed E-state index contributed by atoms with van der Waals surface area (Å²) in [5.41, 5.74) is 1.89. The van der Waals surface area contributed by atoms with Gasteiger partial charge in [0.05, 0.1) is 12.7 Å². The number of ether oxygens (including phenoxy) is 3. The van der Waals surface area contributed by atoms with Gasteiger partial charge in [-0.05, 0) is 55.8 Å². The van der Waals surface area contributed by atoms with Gasteiger partial charge in [0.15, 0.2) is 0 Å². The van der Waals surface area contributed by atoms with Crippen LogP contribution in [-0.2, 0) is 21.8 Å². The predicted octanol–water partition coefficient (Wildman–Crippen LogP) is 4.97. The normalized spacial score (nSPS) is 21.8. The number of benzene rings is 2. The van der Waals surface area contributed by atoms with Crippen LogP contribution in [0.4, 0.5) is 0 Å². The van der Waals surface area contributed by atoms with E-state index in [-0.39, 0.29) is 6.10 Å². The molecule has 2 aromatic carbocycles. The zero-order valence-corrected chi connectivity index (χ0v) is 16.9. The molecule has 2 atom stereocenters. The minimum absolute atomic E-state index is 0.0209. The lowest BCUT2D eigenvalue weighted by molar-refractivity contribution is -0.187. The van der Waals surface area contributed by atoms with Gasteiger partial charge in [-0.15, -0.1) is 0 Å². The highest BCUT2D eigenvalue weighted by atomic mass is 35.5. The van der Waals surface area contributed by atoms with Gasteiger partial charge in [0, 0.05) is 15.6 Å². The van der Waals surface area contributed by atoms with Crippen LogP contribution < -0.4 is 4.74 Å². The summed E-state index contributed by atoms with van der Waals surface area (Å²) in [5, 5.41) is 5.23. The second kappa shape index (κ2) is 7.72. The third-order valence-electron chi connectivity index (χ3n) is 4.46. The van der Waals surface area contributed by atoms with Crippen molar-refractivity contribution in [2.45, 2.75) is 32.3 Å². The summed E-state index contributed by atoms with van der Waals surface area (Å²) in [4.78, 5) is 4.00. The first-order chi connectivity index (χ1) is 13.4. The molecule has 6 nitrogen and oxygen atoms in total. The number of nitrogens with zero attached hydrogens (tertiary/aromatic N) is 3. The van der Waals surface area contributed by atoms with Crippen molar-refractivity contribution in [3.63, 3.8) is 0 Å². The summed E-state index contributed by atoms with van der Waals surface area (Å²) in [5.74, 6) is 0.320. The number of aromatic nitrogens is 3. The highest BCUT2D eigenvalue weighted by Gasteiger charge is 2.43. The van der Waals surface area contributed by atoms with Gasteiger partial charge in [0.1, 0.15) is 30.7 Å². The molecule has 1 saturated heterocycles. The van der Waals surface area contributed by atoms with E-state index in [2.05, 4.69) is 10.1 Å². The van der Waals surface area contributed by atoms with Gasteiger partial charge >= 0.3 is 0 Å². The van der Waals surface area contributed by atoms with Crippen LogP contribution in [0.2, 0.25) is 10.0 Å². The Balaban J connectivity index is 1.63. The number of hydrogen-bond acceptors (Lipinski definition) is 5. The molecule has 1 aliphatic rings. The van der Waals surface area contributed by atoms with Crippen LogP contribution >= 0.6 is 23.2 Å². The van der Waals surface area contributed by atoms with Crippen molar-refractivity contribution in [3.05, 3.63) is 70.2 Å². The average molecular weight is 420 g/mol. The fraction of sp³-hybridized carbons (Fsp3) is 0.300. The monoisotopic (exact) mass is 419 g/mol. The van der Waals surface area contributed by atoms with Gasteiger partial charge in [-0.3, -0.25) is 0 Å². The molecule has 1 fully saturated rings. The van der Waals surface area contributed by atoms with Crippen LogP contribution in [0.5, 0.6) is 11.5 Å². The van der Waals surface area contributed by atoms with E-state index in [1.165, 1.54) is 6.33 Å². The van der Waals surface area contributed by atoms with Gasteiger partial charge in [-0.2, -0.15) is 5.10 Å². The summed E-state index contributed by atoms with van der Waals surface area (Å²) < 4.78 is 19.9. The number of halogens is 2. The quantitative estimate of drug-likeness (QED) is 0.583. The van der Waals surface area contributed by atoms with E-state index in [4.69, 9.17) is 37.4 Å². The van der Waals surface area contributed by atoms with Gasteiger partial charge in [-0.1, -0.05) is 23.2 Å². The molecule has 2 unspecified atom stereocenters. The molecule has 0 N–H and O–H groups in total. The molecule has 8 heteroatoms. The maximum absolute atomic E-state index is 6.19. The van der Waals surface area contributed by atoms with Crippen LogP contribution in [0.3, 0.4) is 0 Å². The van der Waals surface area contributed by atoms with Crippen LogP contribution in [0.25, 0.3) is 0 Å². The minimum Gasteiger partial charge on any atom is -0.457 e. The maximum atomic E-state index is 6.19. The molecular weight excluding hydrogens is 401 g/mol. The Hall–Kier alpha value is -2.12. The van der Waals surface area contributed by atoms with Crippen LogP contribution in [0.1, 0.15) is 18.1 Å². The van der Waals surface area contributed by atoms with Crippen molar-refractivity contribution < 1.29 is 14.2 Å². The lowest BCUT2D eigenvalue weighted by atomic mass is 9.99. The largest absolute Gasteiger partial charge is 0.457 e. The molecule has 1 aliphatic heterocycles. The molecule has 0 aliphatic carbocycles. The number of rotatable bonds is 5. The molecule has 0 bridgehead atoms. The Morgan fingerprint density at radius 3 is 2.57 bits per heavy atom. The van der Waals surface area contributed by atoms with Crippen molar-refractivity contribution in [2.75, 3.05) is 6.61 Å². The first kappa shape index (κ1) is 19.2. The molecule has 0 saturated carbocycles. The highest BCUT2D eigenvalue weighted by Crippen LogP contribution is 2.39. The molecule has 0 radical (unpaired) electrons. The lowest BCUT2D eigenvalue weighted by Gasteiger charge is -2.29. The van der Waals surface area contributed by atoms with Crippen molar-refractivity contribution in [2.24, 2.45) is 0 Å². The molecule has 1 aromatic heterocycles. The third-order valence-corrected chi connectivity index (χ3v) is 4.90. The van der Waals surface area contributed by atoms with Crippen LogP contribution in [0.15, 0.2) is 49.1 Å². The SMILES string of the molecule is Cc1cc(Oc2cc(Cl)cc(Cl)c2)ccc1C1(Cn2cncn2)OCC(C)O1. The smallest absolute Gasteiger partial charge is 0.215 e. The average Bonchev–Trinajstić information content (AvgIpc) is 3.24. The van der Waals surface area contributed by atoms with Gasteiger partial charge < -0.3 is 14.2 Å². The van der Waals surface area contributed by atoms with E-state index in [0.29, 0.717) is 34.7 Å². The van der Waals surface area contributed by atoms with Crippen molar-refractivity contribution in [1.82, 2.24) is 14.8 Å². The van der Waals surface area contributed by atoms with E-state index in [1.807, 2.05) is 32.0 Å². The minimum atomic E-state index is -0.922. The van der Waals surface area contributed by atoms with Gasteiger partial charge in [0.2, 0.25) is 5.79 Å². The topological polar surface area (TPSA) is 58.4 Å². The maximum Gasteiger partial charge on any atom is 0.215 e. The number of aryl methyl sites for hydroxylation is 1. The van der Waals surface area contributed by atoms with Crippen molar-refractivity contribution in [3.8, 4) is 11.5 Å². The number of hydrogen-bond donors (Lipinski definition) is 0. The Morgan fingerprint density at radius 2 is 1.96 bits per heavy atom. The molecular formula is C20H19Cl2N3O3. The highest BCUT2D eigenvalue weighted by molar-refractivity contribution is 6.34. The second-order valence-electron chi connectivity index (χ2n) is 6.77.